The Labute approximate surface area is 128 Å². The lowest BCUT2D eigenvalue weighted by Crippen LogP contribution is -2.03. The van der Waals surface area contributed by atoms with Crippen LogP contribution >= 0.6 is 0 Å². The number of phenolic OH excluding ortho intramolecular Hbond substituents is 1. The van der Waals surface area contributed by atoms with Gasteiger partial charge in [-0.05, 0) is 53.4 Å². The van der Waals surface area contributed by atoms with Crippen LogP contribution in [-0.2, 0) is 16.0 Å². The summed E-state index contributed by atoms with van der Waals surface area (Å²) in [6.45, 7) is 1.96. The van der Waals surface area contributed by atoms with Crippen LogP contribution in [-0.4, -0.2) is 23.2 Å². The van der Waals surface area contributed by atoms with Gasteiger partial charge in [-0.15, -0.1) is 0 Å². The summed E-state index contributed by atoms with van der Waals surface area (Å²) in [6.07, 6.45) is 2.09. The van der Waals surface area contributed by atoms with Crippen LogP contribution in [0.15, 0.2) is 42.6 Å². The number of aromatic amines is 1. The summed E-state index contributed by atoms with van der Waals surface area (Å²) < 4.78 is 4.74. The van der Waals surface area contributed by atoms with Crippen LogP contribution < -0.4 is 0 Å². The number of phenols is 1. The van der Waals surface area contributed by atoms with Crippen molar-refractivity contribution in [3.63, 3.8) is 0 Å². The minimum absolute atomic E-state index is 0.245. The van der Waals surface area contributed by atoms with Gasteiger partial charge in [0.25, 0.3) is 0 Å². The van der Waals surface area contributed by atoms with E-state index < -0.39 is 0 Å². The number of fused-ring (bicyclic) bond motifs is 1. The molecule has 0 atom stereocenters. The van der Waals surface area contributed by atoms with E-state index in [1.807, 2.05) is 31.3 Å². The molecule has 0 aliphatic rings. The molecule has 0 fully saturated rings. The second-order valence-corrected chi connectivity index (χ2v) is 5.33. The number of nitrogens with one attached hydrogen (secondary N) is 1. The first-order valence-corrected chi connectivity index (χ1v) is 7.05. The summed E-state index contributed by atoms with van der Waals surface area (Å²) >= 11 is 0. The highest BCUT2D eigenvalue weighted by Crippen LogP contribution is 2.30. The average Bonchev–Trinajstić information content (AvgIpc) is 2.89. The number of carbonyl (C=O) groups excluding carboxylic acids is 1. The van der Waals surface area contributed by atoms with E-state index in [9.17, 15) is 9.90 Å². The first-order chi connectivity index (χ1) is 10.6. The Bertz CT molecular complexity index is 849. The molecule has 1 aromatic heterocycles. The lowest BCUT2D eigenvalue weighted by molar-refractivity contribution is -0.139. The Morgan fingerprint density at radius 1 is 1.23 bits per heavy atom. The van der Waals surface area contributed by atoms with Crippen molar-refractivity contribution in [3.8, 4) is 16.9 Å². The summed E-state index contributed by atoms with van der Waals surface area (Å²) in [5, 5.41) is 10.5. The molecular weight excluding hydrogens is 278 g/mol. The van der Waals surface area contributed by atoms with Gasteiger partial charge in [-0.3, -0.25) is 4.79 Å². The first kappa shape index (κ1) is 14.2. The van der Waals surface area contributed by atoms with Crippen molar-refractivity contribution in [1.82, 2.24) is 4.98 Å². The molecule has 0 aliphatic heterocycles. The van der Waals surface area contributed by atoms with Gasteiger partial charge < -0.3 is 14.8 Å². The van der Waals surface area contributed by atoms with Crippen LogP contribution in [0.25, 0.3) is 22.0 Å². The highest BCUT2D eigenvalue weighted by molar-refractivity contribution is 5.91. The zero-order valence-electron chi connectivity index (χ0n) is 12.5. The zero-order chi connectivity index (χ0) is 15.7. The highest BCUT2D eigenvalue weighted by atomic mass is 16.5. The molecule has 0 bridgehead atoms. The molecule has 0 spiro atoms. The average molecular weight is 295 g/mol. The maximum absolute atomic E-state index is 11.5. The number of aromatic nitrogens is 1. The number of benzene rings is 2. The number of hydrogen-bond acceptors (Lipinski definition) is 3. The Morgan fingerprint density at radius 3 is 2.77 bits per heavy atom. The van der Waals surface area contributed by atoms with E-state index in [1.165, 1.54) is 7.11 Å². The number of H-pyrrole nitrogens is 1. The lowest BCUT2D eigenvalue weighted by Gasteiger charge is -2.07. The van der Waals surface area contributed by atoms with Crippen LogP contribution in [0.4, 0.5) is 0 Å². The summed E-state index contributed by atoms with van der Waals surface area (Å²) in [5.41, 5.74) is 5.02. The molecule has 3 rings (SSSR count). The van der Waals surface area contributed by atoms with Crippen molar-refractivity contribution < 1.29 is 14.6 Å². The molecule has 0 amide bonds. The minimum atomic E-state index is -0.257. The molecule has 0 saturated carbocycles. The Hall–Kier alpha value is -2.75. The Balaban J connectivity index is 2.08. The molecule has 0 saturated heterocycles. The SMILES string of the molecule is COC(=O)Cc1c[nH]c2ccc(-c3ccc(O)cc3C)cc12. The van der Waals surface area contributed by atoms with E-state index in [1.54, 1.807) is 12.1 Å². The van der Waals surface area contributed by atoms with Crippen molar-refractivity contribution in [2.45, 2.75) is 13.3 Å². The molecule has 0 radical (unpaired) electrons. The standard InChI is InChI=1S/C18H17NO3/c1-11-7-14(20)4-5-15(11)12-3-6-17-16(8-12)13(10-19-17)9-18(21)22-2/h3-8,10,19-20H,9H2,1-2H3. The van der Waals surface area contributed by atoms with Gasteiger partial charge in [0, 0.05) is 17.1 Å². The molecular formula is C18H17NO3. The molecule has 2 aromatic carbocycles. The number of esters is 1. The molecule has 4 nitrogen and oxygen atoms in total. The van der Waals surface area contributed by atoms with Crippen molar-refractivity contribution >= 4 is 16.9 Å². The second kappa shape index (κ2) is 5.56. The number of hydrogen-bond donors (Lipinski definition) is 2. The van der Waals surface area contributed by atoms with Crippen molar-refractivity contribution in [2.75, 3.05) is 7.11 Å². The largest absolute Gasteiger partial charge is 0.508 e. The third-order valence-corrected chi connectivity index (χ3v) is 3.85. The third-order valence-electron chi connectivity index (χ3n) is 3.85. The van der Waals surface area contributed by atoms with E-state index in [0.29, 0.717) is 0 Å². The van der Waals surface area contributed by atoms with Gasteiger partial charge in [0.05, 0.1) is 13.5 Å². The van der Waals surface area contributed by atoms with Crippen molar-refractivity contribution in [1.29, 1.82) is 0 Å². The van der Waals surface area contributed by atoms with Crippen molar-refractivity contribution in [2.24, 2.45) is 0 Å². The van der Waals surface area contributed by atoms with Crippen LogP contribution in [0.2, 0.25) is 0 Å². The molecule has 3 aromatic rings. The number of aryl methyl sites for hydroxylation is 1. The van der Waals surface area contributed by atoms with Crippen molar-refractivity contribution in [3.05, 3.63) is 53.7 Å². The second-order valence-electron chi connectivity index (χ2n) is 5.33. The van der Waals surface area contributed by atoms with E-state index in [0.717, 1.165) is 33.2 Å². The maximum atomic E-state index is 11.5. The van der Waals surface area contributed by atoms with Gasteiger partial charge in [-0.1, -0.05) is 12.1 Å². The molecule has 0 unspecified atom stereocenters. The van der Waals surface area contributed by atoms with Gasteiger partial charge in [-0.25, -0.2) is 0 Å². The smallest absolute Gasteiger partial charge is 0.310 e. The Kier molecular flexibility index (Phi) is 3.59. The summed E-state index contributed by atoms with van der Waals surface area (Å²) in [7, 11) is 1.39. The van der Waals surface area contributed by atoms with Crippen LogP contribution in [0, 0.1) is 6.92 Å². The molecule has 112 valence electrons. The molecule has 2 N–H and O–H groups in total. The fourth-order valence-corrected chi connectivity index (χ4v) is 2.69. The normalized spacial score (nSPS) is 10.8. The molecule has 1 heterocycles. The van der Waals surface area contributed by atoms with E-state index in [2.05, 4.69) is 11.1 Å². The van der Waals surface area contributed by atoms with Gasteiger partial charge in [0.1, 0.15) is 5.75 Å². The predicted octanol–water partition coefficient (Wildman–Crippen LogP) is 3.56. The fraction of sp³-hybridized carbons (Fsp3) is 0.167. The number of aromatic hydroxyl groups is 1. The first-order valence-electron chi connectivity index (χ1n) is 7.05. The number of ether oxygens (including phenoxy) is 1. The third kappa shape index (κ3) is 2.55. The van der Waals surface area contributed by atoms with Crippen LogP contribution in [0.3, 0.4) is 0 Å². The molecule has 22 heavy (non-hydrogen) atoms. The minimum Gasteiger partial charge on any atom is -0.508 e. The van der Waals surface area contributed by atoms with Gasteiger partial charge in [-0.2, -0.15) is 0 Å². The quantitative estimate of drug-likeness (QED) is 0.726. The number of methoxy groups -OCH3 is 1. The Morgan fingerprint density at radius 2 is 2.05 bits per heavy atom. The fourth-order valence-electron chi connectivity index (χ4n) is 2.69. The van der Waals surface area contributed by atoms with Gasteiger partial charge >= 0.3 is 5.97 Å². The van der Waals surface area contributed by atoms with Crippen LogP contribution in [0.1, 0.15) is 11.1 Å². The number of carbonyl (C=O) groups is 1. The lowest BCUT2D eigenvalue weighted by atomic mass is 9.98. The zero-order valence-corrected chi connectivity index (χ0v) is 12.5. The van der Waals surface area contributed by atoms with Gasteiger partial charge in [0.2, 0.25) is 0 Å². The van der Waals surface area contributed by atoms with Crippen LogP contribution in [0.5, 0.6) is 5.75 Å². The van der Waals surface area contributed by atoms with E-state index in [-0.39, 0.29) is 18.1 Å². The molecule has 4 heteroatoms. The maximum Gasteiger partial charge on any atom is 0.310 e. The molecule has 0 aliphatic carbocycles. The highest BCUT2D eigenvalue weighted by Gasteiger charge is 2.11. The number of rotatable bonds is 3. The van der Waals surface area contributed by atoms with E-state index >= 15 is 0 Å². The van der Waals surface area contributed by atoms with E-state index in [4.69, 9.17) is 4.74 Å². The topological polar surface area (TPSA) is 62.3 Å². The monoisotopic (exact) mass is 295 g/mol. The predicted molar refractivity (Wildman–Crippen MR) is 85.9 cm³/mol. The summed E-state index contributed by atoms with van der Waals surface area (Å²) in [5.74, 6) is 0.00229. The van der Waals surface area contributed by atoms with Gasteiger partial charge in [0.15, 0.2) is 0 Å². The summed E-state index contributed by atoms with van der Waals surface area (Å²) in [6, 6.07) is 11.4. The summed E-state index contributed by atoms with van der Waals surface area (Å²) in [4.78, 5) is 14.7.